The van der Waals surface area contributed by atoms with Crippen LogP contribution in [0.1, 0.15) is 17.3 Å². The minimum absolute atomic E-state index is 0.295. The number of nitrogens with zero attached hydrogens (tertiary/aromatic N) is 2. The van der Waals surface area contributed by atoms with Crippen molar-refractivity contribution in [2.75, 3.05) is 34.5 Å². The van der Waals surface area contributed by atoms with Gasteiger partial charge in [0.15, 0.2) is 4.80 Å². The van der Waals surface area contributed by atoms with Crippen molar-refractivity contribution in [3.05, 3.63) is 46.8 Å². The van der Waals surface area contributed by atoms with Crippen molar-refractivity contribution in [2.24, 2.45) is 4.99 Å². The molecular weight excluding hydrogens is 392 g/mol. The molecule has 154 valence electrons. The molecule has 29 heavy (non-hydrogen) atoms. The summed E-state index contributed by atoms with van der Waals surface area (Å²) in [6.07, 6.45) is 0. The molecule has 1 aromatic heterocycles. The maximum Gasteiger partial charge on any atom is 0.287 e. The lowest BCUT2D eigenvalue weighted by Crippen LogP contribution is -2.20. The first kappa shape index (κ1) is 20.9. The number of rotatable bonds is 8. The first-order chi connectivity index (χ1) is 14.1. The zero-order valence-corrected chi connectivity index (χ0v) is 17.7. The molecule has 0 saturated carbocycles. The Balaban J connectivity index is 2.13. The Labute approximate surface area is 173 Å². The fourth-order valence-electron chi connectivity index (χ4n) is 2.99. The van der Waals surface area contributed by atoms with Crippen molar-refractivity contribution in [1.29, 1.82) is 0 Å². The number of amides is 1. The molecule has 0 unspecified atom stereocenters. The minimum atomic E-state index is -0.428. The highest BCUT2D eigenvalue weighted by Crippen LogP contribution is 2.29. The van der Waals surface area contributed by atoms with Crippen LogP contribution < -0.4 is 19.0 Å². The van der Waals surface area contributed by atoms with Crippen molar-refractivity contribution < 1.29 is 23.7 Å². The third kappa shape index (κ3) is 4.44. The van der Waals surface area contributed by atoms with Crippen LogP contribution in [0.3, 0.4) is 0 Å². The summed E-state index contributed by atoms with van der Waals surface area (Å²) >= 11 is 1.42. The van der Waals surface area contributed by atoms with Gasteiger partial charge >= 0.3 is 0 Å². The van der Waals surface area contributed by atoms with Crippen LogP contribution in [-0.2, 0) is 11.3 Å². The van der Waals surface area contributed by atoms with Gasteiger partial charge in [-0.2, -0.15) is 4.99 Å². The van der Waals surface area contributed by atoms with E-state index in [9.17, 15) is 4.79 Å². The van der Waals surface area contributed by atoms with E-state index in [0.717, 1.165) is 16.0 Å². The lowest BCUT2D eigenvalue weighted by Gasteiger charge is -2.10. The van der Waals surface area contributed by atoms with Crippen molar-refractivity contribution in [1.82, 2.24) is 4.57 Å². The van der Waals surface area contributed by atoms with E-state index >= 15 is 0 Å². The van der Waals surface area contributed by atoms with E-state index in [2.05, 4.69) is 4.99 Å². The second-order valence-corrected chi connectivity index (χ2v) is 7.03. The Bertz CT molecular complexity index is 1050. The standard InChI is InChI=1S/C21H24N2O5S/c1-5-28-12-11-23-15-10-9-14(25-2)13-18(15)29-21(23)22-20(24)19-16(26-3)7-6-8-17(19)27-4/h6-10,13H,5,11-12H2,1-4H3. The summed E-state index contributed by atoms with van der Waals surface area (Å²) in [5.74, 6) is 1.16. The summed E-state index contributed by atoms with van der Waals surface area (Å²) in [5.41, 5.74) is 1.26. The van der Waals surface area contributed by atoms with Gasteiger partial charge in [-0.15, -0.1) is 0 Å². The van der Waals surface area contributed by atoms with Gasteiger partial charge in [0.05, 0.1) is 38.2 Å². The summed E-state index contributed by atoms with van der Waals surface area (Å²) in [6, 6.07) is 11.0. The molecule has 0 radical (unpaired) electrons. The van der Waals surface area contributed by atoms with Crippen molar-refractivity contribution in [3.8, 4) is 17.2 Å². The normalized spacial score (nSPS) is 11.7. The molecule has 0 spiro atoms. The Hall–Kier alpha value is -2.84. The van der Waals surface area contributed by atoms with Crippen LogP contribution in [0.5, 0.6) is 17.2 Å². The highest BCUT2D eigenvalue weighted by Gasteiger charge is 2.18. The van der Waals surface area contributed by atoms with E-state index < -0.39 is 5.91 Å². The number of hydrogen-bond donors (Lipinski definition) is 0. The number of methoxy groups -OCH3 is 3. The molecule has 0 bridgehead atoms. The third-order valence-corrected chi connectivity index (χ3v) is 5.43. The van der Waals surface area contributed by atoms with Crippen LogP contribution in [0.25, 0.3) is 10.2 Å². The summed E-state index contributed by atoms with van der Waals surface area (Å²) < 4.78 is 24.5. The lowest BCUT2D eigenvalue weighted by molar-refractivity contribution is 0.0990. The number of fused-ring (bicyclic) bond motifs is 1. The lowest BCUT2D eigenvalue weighted by atomic mass is 10.1. The van der Waals surface area contributed by atoms with Gasteiger partial charge in [-0.05, 0) is 37.3 Å². The summed E-state index contributed by atoms with van der Waals surface area (Å²) in [6.45, 7) is 3.67. The fraction of sp³-hybridized carbons (Fsp3) is 0.333. The fourth-order valence-corrected chi connectivity index (χ4v) is 4.07. The summed E-state index contributed by atoms with van der Waals surface area (Å²) in [4.78, 5) is 18.0. The van der Waals surface area contributed by atoms with Gasteiger partial charge in [-0.25, -0.2) is 0 Å². The summed E-state index contributed by atoms with van der Waals surface area (Å²) in [5, 5.41) is 0. The van der Waals surface area contributed by atoms with E-state index in [1.807, 2.05) is 29.7 Å². The molecule has 0 fully saturated rings. The number of carbonyl (C=O) groups is 1. The Morgan fingerprint density at radius 3 is 2.41 bits per heavy atom. The number of thiazole rings is 1. The van der Waals surface area contributed by atoms with Crippen LogP contribution in [0, 0.1) is 0 Å². The van der Waals surface area contributed by atoms with Gasteiger partial charge < -0.3 is 23.5 Å². The van der Waals surface area contributed by atoms with Gasteiger partial charge in [0.25, 0.3) is 5.91 Å². The number of hydrogen-bond acceptors (Lipinski definition) is 6. The molecule has 0 aliphatic heterocycles. The molecule has 3 aromatic rings. The molecular formula is C21H24N2O5S. The first-order valence-corrected chi connectivity index (χ1v) is 9.99. The molecule has 0 atom stereocenters. The van der Waals surface area contributed by atoms with E-state index in [4.69, 9.17) is 18.9 Å². The topological polar surface area (TPSA) is 71.3 Å². The molecule has 7 nitrogen and oxygen atoms in total. The van der Waals surface area contributed by atoms with Gasteiger partial charge in [-0.1, -0.05) is 17.4 Å². The van der Waals surface area contributed by atoms with Crippen LogP contribution in [0.2, 0.25) is 0 Å². The first-order valence-electron chi connectivity index (χ1n) is 9.18. The molecule has 0 aliphatic carbocycles. The SMILES string of the molecule is CCOCCn1c(=NC(=O)c2c(OC)cccc2OC)sc2cc(OC)ccc21. The van der Waals surface area contributed by atoms with Gasteiger partial charge in [0.1, 0.15) is 22.8 Å². The van der Waals surface area contributed by atoms with E-state index in [-0.39, 0.29) is 0 Å². The second-order valence-electron chi connectivity index (χ2n) is 6.02. The van der Waals surface area contributed by atoms with E-state index in [1.54, 1.807) is 25.3 Å². The average Bonchev–Trinajstić information content (AvgIpc) is 3.09. The molecule has 0 N–H and O–H groups in total. The Kier molecular flexibility index (Phi) is 6.90. The zero-order chi connectivity index (χ0) is 20.8. The van der Waals surface area contributed by atoms with Gasteiger partial charge in [-0.3, -0.25) is 4.79 Å². The number of aromatic nitrogens is 1. The second kappa shape index (κ2) is 9.58. The largest absolute Gasteiger partial charge is 0.497 e. The maximum absolute atomic E-state index is 13.1. The van der Waals surface area contributed by atoms with Crippen molar-refractivity contribution in [3.63, 3.8) is 0 Å². The monoisotopic (exact) mass is 416 g/mol. The Morgan fingerprint density at radius 2 is 1.79 bits per heavy atom. The van der Waals surface area contributed by atoms with E-state index in [0.29, 0.717) is 41.6 Å². The van der Waals surface area contributed by atoms with Crippen LogP contribution >= 0.6 is 11.3 Å². The molecule has 1 amide bonds. The number of ether oxygens (including phenoxy) is 4. The van der Waals surface area contributed by atoms with Gasteiger partial charge in [0, 0.05) is 13.2 Å². The highest BCUT2D eigenvalue weighted by molar-refractivity contribution is 7.16. The van der Waals surface area contributed by atoms with Gasteiger partial charge in [0.2, 0.25) is 0 Å². The van der Waals surface area contributed by atoms with Crippen LogP contribution in [-0.4, -0.2) is 45.0 Å². The quantitative estimate of drug-likeness (QED) is 0.526. The third-order valence-electron chi connectivity index (χ3n) is 4.39. The highest BCUT2D eigenvalue weighted by atomic mass is 32.1. The predicted molar refractivity (Wildman–Crippen MR) is 112 cm³/mol. The molecule has 1 heterocycles. The molecule has 0 saturated heterocycles. The van der Waals surface area contributed by atoms with E-state index in [1.165, 1.54) is 25.6 Å². The number of benzene rings is 2. The molecule has 0 aliphatic rings. The summed E-state index contributed by atoms with van der Waals surface area (Å²) in [7, 11) is 4.65. The zero-order valence-electron chi connectivity index (χ0n) is 16.9. The molecule has 8 heteroatoms. The smallest absolute Gasteiger partial charge is 0.287 e. The average molecular weight is 416 g/mol. The van der Waals surface area contributed by atoms with Crippen molar-refractivity contribution in [2.45, 2.75) is 13.5 Å². The molecule has 3 rings (SSSR count). The predicted octanol–water partition coefficient (Wildman–Crippen LogP) is 3.51. The van der Waals surface area contributed by atoms with Crippen LogP contribution in [0.4, 0.5) is 0 Å². The number of carbonyl (C=O) groups excluding carboxylic acids is 1. The van der Waals surface area contributed by atoms with Crippen molar-refractivity contribution >= 4 is 27.5 Å². The Morgan fingerprint density at radius 1 is 1.07 bits per heavy atom. The minimum Gasteiger partial charge on any atom is -0.497 e. The molecule has 2 aromatic carbocycles. The van der Waals surface area contributed by atoms with Crippen LogP contribution in [0.15, 0.2) is 41.4 Å². The maximum atomic E-state index is 13.1.